The molecule has 2 atom stereocenters. The molecule has 0 saturated carbocycles. The second-order valence-corrected chi connectivity index (χ2v) is 6.16. The summed E-state index contributed by atoms with van der Waals surface area (Å²) in [6.07, 6.45) is 4.44. The van der Waals surface area contributed by atoms with E-state index in [9.17, 15) is 4.39 Å². The van der Waals surface area contributed by atoms with Crippen LogP contribution in [-0.4, -0.2) is 24.0 Å². The maximum Gasteiger partial charge on any atom is 0.123 e. The van der Waals surface area contributed by atoms with Gasteiger partial charge in [0.05, 0.1) is 6.04 Å². The van der Waals surface area contributed by atoms with Gasteiger partial charge in [0.25, 0.3) is 0 Å². The minimum absolute atomic E-state index is 0.0761. The fraction of sp³-hybridized carbons (Fsp3) is 0.600. The quantitative estimate of drug-likeness (QED) is 0.913. The van der Waals surface area contributed by atoms with Crippen LogP contribution < -0.4 is 5.73 Å². The zero-order valence-corrected chi connectivity index (χ0v) is 13.0. The summed E-state index contributed by atoms with van der Waals surface area (Å²) >= 11 is 3.55. The molecule has 1 saturated heterocycles. The van der Waals surface area contributed by atoms with Crippen molar-refractivity contribution in [2.24, 2.45) is 5.73 Å². The lowest BCUT2D eigenvalue weighted by Crippen LogP contribution is -2.40. The molecule has 2 unspecified atom stereocenters. The molecular weight excluding hydrogens is 307 g/mol. The van der Waals surface area contributed by atoms with Crippen LogP contribution in [0.4, 0.5) is 4.39 Å². The fourth-order valence-corrected chi connectivity index (χ4v) is 3.45. The van der Waals surface area contributed by atoms with Gasteiger partial charge in [-0.05, 0) is 56.1 Å². The molecule has 1 aliphatic heterocycles. The van der Waals surface area contributed by atoms with Gasteiger partial charge in [0.2, 0.25) is 0 Å². The van der Waals surface area contributed by atoms with Crippen molar-refractivity contribution in [3.63, 3.8) is 0 Å². The summed E-state index contributed by atoms with van der Waals surface area (Å²) in [6.45, 7) is 4.24. The molecule has 1 aromatic rings. The number of halogens is 2. The van der Waals surface area contributed by atoms with Crippen LogP contribution >= 0.6 is 15.9 Å². The molecule has 2 N–H and O–H groups in total. The normalized spacial score (nSPS) is 25.3. The Morgan fingerprint density at radius 3 is 2.95 bits per heavy atom. The highest BCUT2D eigenvalue weighted by atomic mass is 79.9. The highest BCUT2D eigenvalue weighted by molar-refractivity contribution is 9.10. The zero-order valence-electron chi connectivity index (χ0n) is 11.4. The first-order chi connectivity index (χ1) is 9.13. The largest absolute Gasteiger partial charge is 0.326 e. The Morgan fingerprint density at radius 2 is 2.21 bits per heavy atom. The Morgan fingerprint density at radius 1 is 1.42 bits per heavy atom. The Kier molecular flexibility index (Phi) is 5.37. The second-order valence-electron chi connectivity index (χ2n) is 5.31. The molecule has 1 heterocycles. The van der Waals surface area contributed by atoms with E-state index < -0.39 is 0 Å². The molecule has 106 valence electrons. The molecule has 0 radical (unpaired) electrons. The molecule has 0 spiro atoms. The van der Waals surface area contributed by atoms with Crippen molar-refractivity contribution in [2.45, 2.75) is 44.7 Å². The van der Waals surface area contributed by atoms with Crippen LogP contribution in [-0.2, 0) is 0 Å². The highest BCUT2D eigenvalue weighted by Gasteiger charge is 2.29. The second kappa shape index (κ2) is 6.82. The number of hydrogen-bond acceptors (Lipinski definition) is 2. The Labute approximate surface area is 123 Å². The standard InChI is InChI=1S/C15H22BrFN2/c1-2-8-19-9-4-3-5-14(18)15(19)12-10-11(17)6-7-13(12)16/h6-7,10,14-15H,2-5,8-9,18H2,1H3. The minimum atomic E-state index is -0.189. The van der Waals surface area contributed by atoms with Crippen molar-refractivity contribution in [2.75, 3.05) is 13.1 Å². The molecule has 1 fully saturated rings. The molecule has 2 nitrogen and oxygen atoms in total. The Balaban J connectivity index is 2.36. The number of nitrogens with two attached hydrogens (primary N) is 1. The van der Waals surface area contributed by atoms with Crippen LogP contribution in [0.25, 0.3) is 0 Å². The number of hydrogen-bond donors (Lipinski definition) is 1. The van der Waals surface area contributed by atoms with E-state index in [4.69, 9.17) is 5.73 Å². The van der Waals surface area contributed by atoms with Crippen LogP contribution in [0.15, 0.2) is 22.7 Å². The summed E-state index contributed by atoms with van der Waals surface area (Å²) in [7, 11) is 0. The lowest BCUT2D eigenvalue weighted by Gasteiger charge is -2.34. The predicted octanol–water partition coefficient (Wildman–Crippen LogP) is 3.85. The first kappa shape index (κ1) is 14.9. The molecule has 19 heavy (non-hydrogen) atoms. The van der Waals surface area contributed by atoms with Gasteiger partial charge in [0.15, 0.2) is 0 Å². The van der Waals surface area contributed by atoms with Crippen molar-refractivity contribution in [1.29, 1.82) is 0 Å². The monoisotopic (exact) mass is 328 g/mol. The van der Waals surface area contributed by atoms with Gasteiger partial charge in [-0.1, -0.05) is 29.3 Å². The van der Waals surface area contributed by atoms with Crippen LogP contribution in [0.1, 0.15) is 44.2 Å². The van der Waals surface area contributed by atoms with Crippen molar-refractivity contribution in [3.8, 4) is 0 Å². The van der Waals surface area contributed by atoms with Gasteiger partial charge in [-0.3, -0.25) is 4.90 Å². The molecule has 0 aromatic heterocycles. The number of likely N-dealkylation sites (tertiary alicyclic amines) is 1. The molecular formula is C15H22BrFN2. The molecule has 0 bridgehead atoms. The van der Waals surface area contributed by atoms with E-state index in [0.717, 1.165) is 42.4 Å². The molecule has 4 heteroatoms. The maximum absolute atomic E-state index is 13.6. The summed E-state index contributed by atoms with van der Waals surface area (Å²) in [5, 5.41) is 0. The summed E-state index contributed by atoms with van der Waals surface area (Å²) < 4.78 is 14.5. The van der Waals surface area contributed by atoms with Crippen molar-refractivity contribution in [1.82, 2.24) is 4.90 Å². The topological polar surface area (TPSA) is 29.3 Å². The molecule has 1 aromatic carbocycles. The number of nitrogens with zero attached hydrogens (tertiary/aromatic N) is 1. The minimum Gasteiger partial charge on any atom is -0.326 e. The average Bonchev–Trinajstić information content (AvgIpc) is 2.55. The third-order valence-electron chi connectivity index (χ3n) is 3.82. The third kappa shape index (κ3) is 3.56. The van der Waals surface area contributed by atoms with E-state index >= 15 is 0 Å². The van der Waals surface area contributed by atoms with Crippen LogP contribution in [0.2, 0.25) is 0 Å². The van der Waals surface area contributed by atoms with Crippen LogP contribution in [0.5, 0.6) is 0 Å². The number of benzene rings is 1. The van der Waals surface area contributed by atoms with Crippen molar-refractivity contribution >= 4 is 15.9 Å². The predicted molar refractivity (Wildman–Crippen MR) is 80.5 cm³/mol. The van der Waals surface area contributed by atoms with Crippen LogP contribution in [0.3, 0.4) is 0 Å². The number of rotatable bonds is 3. The first-order valence-electron chi connectivity index (χ1n) is 7.08. The summed E-state index contributed by atoms with van der Waals surface area (Å²) in [5.41, 5.74) is 7.35. The highest BCUT2D eigenvalue weighted by Crippen LogP contribution is 2.34. The van der Waals surface area contributed by atoms with E-state index in [-0.39, 0.29) is 17.9 Å². The third-order valence-corrected chi connectivity index (χ3v) is 4.54. The summed E-state index contributed by atoms with van der Waals surface area (Å²) in [4.78, 5) is 2.41. The van der Waals surface area contributed by atoms with Crippen LogP contribution in [0, 0.1) is 5.82 Å². The van der Waals surface area contributed by atoms with Gasteiger partial charge in [-0.25, -0.2) is 4.39 Å². The van der Waals surface area contributed by atoms with E-state index in [0.29, 0.717) is 0 Å². The van der Waals surface area contributed by atoms with Crippen molar-refractivity contribution in [3.05, 3.63) is 34.1 Å². The molecule has 0 aliphatic carbocycles. The lowest BCUT2D eigenvalue weighted by atomic mass is 9.96. The molecule has 1 aliphatic rings. The first-order valence-corrected chi connectivity index (χ1v) is 7.87. The SMILES string of the molecule is CCCN1CCCCC(N)C1c1cc(F)ccc1Br. The lowest BCUT2D eigenvalue weighted by molar-refractivity contribution is 0.185. The van der Waals surface area contributed by atoms with E-state index in [1.54, 1.807) is 12.1 Å². The maximum atomic E-state index is 13.6. The van der Waals surface area contributed by atoms with E-state index in [1.165, 1.54) is 12.5 Å². The summed E-state index contributed by atoms with van der Waals surface area (Å²) in [6, 6.07) is 5.09. The molecule has 2 rings (SSSR count). The van der Waals surface area contributed by atoms with Gasteiger partial charge in [0, 0.05) is 10.5 Å². The van der Waals surface area contributed by atoms with Gasteiger partial charge in [-0.2, -0.15) is 0 Å². The Hall–Kier alpha value is -0.450. The van der Waals surface area contributed by atoms with E-state index in [1.807, 2.05) is 0 Å². The van der Waals surface area contributed by atoms with Gasteiger partial charge in [0.1, 0.15) is 5.82 Å². The van der Waals surface area contributed by atoms with Gasteiger partial charge in [-0.15, -0.1) is 0 Å². The average molecular weight is 329 g/mol. The molecule has 0 amide bonds. The van der Waals surface area contributed by atoms with Gasteiger partial charge >= 0.3 is 0 Å². The Bertz CT molecular complexity index is 425. The summed E-state index contributed by atoms with van der Waals surface area (Å²) in [5.74, 6) is -0.189. The van der Waals surface area contributed by atoms with Gasteiger partial charge < -0.3 is 5.73 Å². The fourth-order valence-electron chi connectivity index (χ4n) is 2.97. The zero-order chi connectivity index (χ0) is 13.8. The van der Waals surface area contributed by atoms with Crippen molar-refractivity contribution < 1.29 is 4.39 Å². The smallest absolute Gasteiger partial charge is 0.123 e. The van der Waals surface area contributed by atoms with E-state index in [2.05, 4.69) is 27.8 Å².